The molecule has 0 radical (unpaired) electrons. The van der Waals surface area contributed by atoms with E-state index in [1.54, 1.807) is 50.2 Å². The van der Waals surface area contributed by atoms with Crippen LogP contribution < -0.4 is 5.43 Å². The summed E-state index contributed by atoms with van der Waals surface area (Å²) in [6, 6.07) is 10.4. The first kappa shape index (κ1) is 19.8. The number of hydrazone groups is 1. The molecule has 148 valence electrons. The summed E-state index contributed by atoms with van der Waals surface area (Å²) < 4.78 is 21.4. The summed E-state index contributed by atoms with van der Waals surface area (Å²) in [6.45, 7) is 4.76. The van der Waals surface area contributed by atoms with Crippen molar-refractivity contribution in [2.24, 2.45) is 5.10 Å². The molecule has 1 amide bonds. The highest BCUT2D eigenvalue weighted by Crippen LogP contribution is 2.23. The lowest BCUT2D eigenvalue weighted by Gasteiger charge is -2.20. The highest BCUT2D eigenvalue weighted by Gasteiger charge is 2.33. The maximum Gasteiger partial charge on any atom is 0.338 e. The lowest BCUT2D eigenvalue weighted by molar-refractivity contribution is -0.159. The predicted molar refractivity (Wildman–Crippen MR) is 101 cm³/mol. The molecule has 8 heteroatoms. The van der Waals surface area contributed by atoms with Crippen LogP contribution >= 0.6 is 0 Å². The highest BCUT2D eigenvalue weighted by atomic mass is 16.7. The number of rotatable bonds is 7. The van der Waals surface area contributed by atoms with Gasteiger partial charge < -0.3 is 18.6 Å². The van der Waals surface area contributed by atoms with Crippen molar-refractivity contribution in [3.63, 3.8) is 0 Å². The minimum atomic E-state index is -0.896. The topological polar surface area (TPSA) is 99.4 Å². The monoisotopic (exact) mass is 386 g/mol. The molecule has 8 nitrogen and oxygen atoms in total. The van der Waals surface area contributed by atoms with Crippen LogP contribution in [-0.2, 0) is 19.0 Å². The number of esters is 1. The van der Waals surface area contributed by atoms with Gasteiger partial charge in [-0.15, -0.1) is 0 Å². The third-order valence-corrected chi connectivity index (χ3v) is 4.07. The molecule has 3 rings (SSSR count). The summed E-state index contributed by atoms with van der Waals surface area (Å²) in [7, 11) is 0. The molecule has 2 heterocycles. The molecule has 0 spiro atoms. The van der Waals surface area contributed by atoms with Gasteiger partial charge in [-0.05, 0) is 38.1 Å². The molecule has 1 aliphatic heterocycles. The maximum atomic E-state index is 11.9. The average Bonchev–Trinajstić information content (AvgIpc) is 3.31. The van der Waals surface area contributed by atoms with Gasteiger partial charge in [-0.3, -0.25) is 4.79 Å². The van der Waals surface area contributed by atoms with E-state index in [1.807, 2.05) is 0 Å². The summed E-state index contributed by atoms with van der Waals surface area (Å²) in [5.74, 6) is -0.484. The van der Waals surface area contributed by atoms with Gasteiger partial charge in [-0.1, -0.05) is 12.1 Å². The van der Waals surface area contributed by atoms with Crippen LogP contribution in [0.2, 0.25) is 0 Å². The third kappa shape index (κ3) is 5.05. The van der Waals surface area contributed by atoms with Gasteiger partial charge in [0, 0.05) is 5.56 Å². The van der Waals surface area contributed by atoms with Crippen molar-refractivity contribution in [2.75, 3.05) is 19.8 Å². The number of hydrogen-bond acceptors (Lipinski definition) is 7. The maximum absolute atomic E-state index is 11.9. The van der Waals surface area contributed by atoms with Crippen LogP contribution in [0.15, 0.2) is 45.9 Å². The van der Waals surface area contributed by atoms with Gasteiger partial charge in [-0.2, -0.15) is 5.10 Å². The van der Waals surface area contributed by atoms with Crippen molar-refractivity contribution in [3.05, 3.63) is 47.7 Å². The Morgan fingerprint density at radius 2 is 1.89 bits per heavy atom. The van der Waals surface area contributed by atoms with Crippen molar-refractivity contribution >= 4 is 18.1 Å². The Labute approximate surface area is 162 Å². The molecule has 0 aliphatic carbocycles. The lowest BCUT2D eigenvalue weighted by Crippen LogP contribution is -2.33. The fourth-order valence-electron chi connectivity index (χ4n) is 2.72. The van der Waals surface area contributed by atoms with E-state index in [0.717, 1.165) is 5.56 Å². The number of furan rings is 1. The highest BCUT2D eigenvalue weighted by molar-refractivity contribution is 5.90. The van der Waals surface area contributed by atoms with E-state index in [2.05, 4.69) is 10.5 Å². The van der Waals surface area contributed by atoms with Crippen LogP contribution in [0.1, 0.15) is 36.4 Å². The van der Waals surface area contributed by atoms with Crippen molar-refractivity contribution in [1.29, 1.82) is 0 Å². The largest absolute Gasteiger partial charge is 0.462 e. The van der Waals surface area contributed by atoms with Crippen LogP contribution in [0.25, 0.3) is 11.3 Å². The number of ether oxygens (including phenoxy) is 3. The third-order valence-electron chi connectivity index (χ3n) is 4.07. The molecule has 1 fully saturated rings. The standard InChI is InChI=1S/C20H22N2O6/c1-3-25-19(24)15-6-4-14(5-7-15)17-9-8-16(28-17)13-21-22-18(23)12-20(2)26-10-11-27-20/h4-9,13H,3,10-12H2,1-2H3,(H,22,23)/b21-13+. The summed E-state index contributed by atoms with van der Waals surface area (Å²) >= 11 is 0. The van der Waals surface area contributed by atoms with Crippen LogP contribution in [0, 0.1) is 0 Å². The SMILES string of the molecule is CCOC(=O)c1ccc(-c2ccc(/C=N/NC(=O)CC3(C)OCCO3)o2)cc1. The normalized spacial score (nSPS) is 15.6. The van der Waals surface area contributed by atoms with E-state index < -0.39 is 5.79 Å². The van der Waals surface area contributed by atoms with E-state index in [4.69, 9.17) is 18.6 Å². The molecule has 1 N–H and O–H groups in total. The second-order valence-corrected chi connectivity index (χ2v) is 6.30. The molecule has 1 aromatic heterocycles. The molecule has 0 atom stereocenters. The van der Waals surface area contributed by atoms with Gasteiger partial charge >= 0.3 is 5.97 Å². The number of nitrogens with one attached hydrogen (secondary N) is 1. The Balaban J connectivity index is 1.55. The number of nitrogens with zero attached hydrogens (tertiary/aromatic N) is 1. The zero-order valence-corrected chi connectivity index (χ0v) is 15.8. The molecule has 1 aromatic carbocycles. The molecule has 1 saturated heterocycles. The molecule has 0 unspecified atom stereocenters. The van der Waals surface area contributed by atoms with Gasteiger partial charge in [-0.25, -0.2) is 10.2 Å². The van der Waals surface area contributed by atoms with Crippen molar-refractivity contribution in [1.82, 2.24) is 5.43 Å². The van der Waals surface area contributed by atoms with Gasteiger partial charge in [0.1, 0.15) is 11.5 Å². The van der Waals surface area contributed by atoms with Crippen LogP contribution in [-0.4, -0.2) is 43.7 Å². The minimum Gasteiger partial charge on any atom is -0.462 e. The van der Waals surface area contributed by atoms with Crippen molar-refractivity contribution < 1.29 is 28.2 Å². The van der Waals surface area contributed by atoms with E-state index >= 15 is 0 Å². The van der Waals surface area contributed by atoms with Gasteiger partial charge in [0.25, 0.3) is 0 Å². The van der Waals surface area contributed by atoms with Gasteiger partial charge in [0.2, 0.25) is 5.91 Å². The Bertz CT molecular complexity index is 850. The minimum absolute atomic E-state index is 0.0561. The van der Waals surface area contributed by atoms with Crippen molar-refractivity contribution in [3.8, 4) is 11.3 Å². The zero-order valence-electron chi connectivity index (χ0n) is 15.8. The molecule has 28 heavy (non-hydrogen) atoms. The number of benzene rings is 1. The van der Waals surface area contributed by atoms with Crippen LogP contribution in [0.3, 0.4) is 0 Å². The van der Waals surface area contributed by atoms with Gasteiger partial charge in [0.05, 0.1) is 38.0 Å². The fraction of sp³-hybridized carbons (Fsp3) is 0.350. The van der Waals surface area contributed by atoms with Gasteiger partial charge in [0.15, 0.2) is 5.79 Å². The first-order chi connectivity index (χ1) is 13.5. The molecule has 0 saturated carbocycles. The van der Waals surface area contributed by atoms with Crippen molar-refractivity contribution in [2.45, 2.75) is 26.1 Å². The lowest BCUT2D eigenvalue weighted by atomic mass is 10.1. The quantitative estimate of drug-likeness (QED) is 0.446. The van der Waals surface area contributed by atoms with E-state index in [-0.39, 0.29) is 18.3 Å². The molecular weight excluding hydrogens is 364 g/mol. The molecule has 0 bridgehead atoms. The summed E-state index contributed by atoms with van der Waals surface area (Å²) in [5, 5.41) is 3.89. The molecule has 1 aliphatic rings. The Hall–Kier alpha value is -2.97. The number of carbonyl (C=O) groups excluding carboxylic acids is 2. The first-order valence-corrected chi connectivity index (χ1v) is 8.96. The van der Waals surface area contributed by atoms with Crippen LogP contribution in [0.4, 0.5) is 0 Å². The molecule has 2 aromatic rings. The smallest absolute Gasteiger partial charge is 0.338 e. The zero-order chi connectivity index (χ0) is 20.0. The number of carbonyl (C=O) groups is 2. The predicted octanol–water partition coefficient (Wildman–Crippen LogP) is 2.73. The average molecular weight is 386 g/mol. The Morgan fingerprint density at radius 1 is 1.18 bits per heavy atom. The van der Waals surface area contributed by atoms with E-state index in [1.165, 1.54) is 6.21 Å². The Kier molecular flexibility index (Phi) is 6.23. The van der Waals surface area contributed by atoms with E-state index in [0.29, 0.717) is 36.9 Å². The summed E-state index contributed by atoms with van der Waals surface area (Å²) in [5.41, 5.74) is 3.71. The number of hydrogen-bond donors (Lipinski definition) is 1. The fourth-order valence-corrected chi connectivity index (χ4v) is 2.72. The van der Waals surface area contributed by atoms with E-state index in [9.17, 15) is 9.59 Å². The Morgan fingerprint density at radius 3 is 2.57 bits per heavy atom. The number of amides is 1. The molecular formula is C20H22N2O6. The first-order valence-electron chi connectivity index (χ1n) is 8.96. The summed E-state index contributed by atoms with van der Waals surface area (Å²) in [4.78, 5) is 23.6. The van der Waals surface area contributed by atoms with Crippen LogP contribution in [0.5, 0.6) is 0 Å². The second kappa shape index (κ2) is 8.81. The second-order valence-electron chi connectivity index (χ2n) is 6.30. The summed E-state index contributed by atoms with van der Waals surface area (Å²) in [6.07, 6.45) is 1.47.